The predicted molar refractivity (Wildman–Crippen MR) is 120 cm³/mol. The van der Waals surface area contributed by atoms with E-state index in [1.165, 1.54) is 6.92 Å². The lowest BCUT2D eigenvalue weighted by molar-refractivity contribution is -0.143. The van der Waals surface area contributed by atoms with Gasteiger partial charge in [0, 0.05) is 0 Å². The van der Waals surface area contributed by atoms with Crippen LogP contribution in [0, 0.1) is 5.92 Å². The number of carboxylic acid groups (broad SMARTS) is 1. The topological polar surface area (TPSA) is 194 Å². The third-order valence-corrected chi connectivity index (χ3v) is 4.75. The van der Waals surface area contributed by atoms with Crippen molar-refractivity contribution in [3.63, 3.8) is 0 Å². The van der Waals surface area contributed by atoms with E-state index < -0.39 is 60.2 Å². The molecular weight excluding hydrogens is 430 g/mol. The van der Waals surface area contributed by atoms with Crippen LogP contribution in [0.5, 0.6) is 0 Å². The van der Waals surface area contributed by atoms with Gasteiger partial charge in [-0.1, -0.05) is 44.2 Å². The fourth-order valence-corrected chi connectivity index (χ4v) is 3.02. The SMILES string of the molecule is CC(C)CC(NC(=O)C(C)NC(=O)C(N)Cc1ccccc1)C(=O)NC(CC(N)=O)C(=O)O. The number of nitrogens with one attached hydrogen (secondary N) is 3. The molecule has 0 fully saturated rings. The van der Waals surface area contributed by atoms with Crippen molar-refractivity contribution in [3.05, 3.63) is 35.9 Å². The Hall–Kier alpha value is -3.47. The normalized spacial score (nSPS) is 14.5. The number of aliphatic carboxylic acids is 1. The van der Waals surface area contributed by atoms with Gasteiger partial charge in [-0.3, -0.25) is 19.2 Å². The van der Waals surface area contributed by atoms with Gasteiger partial charge >= 0.3 is 5.97 Å². The molecule has 1 aromatic carbocycles. The maximum absolute atomic E-state index is 12.6. The summed E-state index contributed by atoms with van der Waals surface area (Å²) in [6, 6.07) is 4.70. The molecule has 0 heterocycles. The first-order chi connectivity index (χ1) is 15.4. The number of hydrogen-bond acceptors (Lipinski definition) is 6. The van der Waals surface area contributed by atoms with Gasteiger partial charge in [-0.2, -0.15) is 0 Å². The highest BCUT2D eigenvalue weighted by Gasteiger charge is 2.30. The van der Waals surface area contributed by atoms with E-state index in [2.05, 4.69) is 16.0 Å². The molecule has 4 atom stereocenters. The highest BCUT2D eigenvalue weighted by molar-refractivity contribution is 5.94. The Morgan fingerprint density at radius 3 is 1.97 bits per heavy atom. The van der Waals surface area contributed by atoms with Crippen LogP contribution in [0.15, 0.2) is 30.3 Å². The number of nitrogens with two attached hydrogens (primary N) is 2. The summed E-state index contributed by atoms with van der Waals surface area (Å²) in [6.07, 6.45) is -0.0975. The molecule has 0 bridgehead atoms. The molecule has 0 saturated carbocycles. The first kappa shape index (κ1) is 27.6. The lowest BCUT2D eigenvalue weighted by Crippen LogP contribution is -2.57. The van der Waals surface area contributed by atoms with Crippen LogP contribution in [-0.4, -0.2) is 58.9 Å². The average Bonchev–Trinajstić information content (AvgIpc) is 2.72. The summed E-state index contributed by atoms with van der Waals surface area (Å²) >= 11 is 0. The van der Waals surface area contributed by atoms with Crippen LogP contribution in [0.2, 0.25) is 0 Å². The molecule has 0 radical (unpaired) electrons. The summed E-state index contributed by atoms with van der Waals surface area (Å²) < 4.78 is 0. The minimum absolute atomic E-state index is 0.0235. The Kier molecular flexibility index (Phi) is 11.0. The van der Waals surface area contributed by atoms with Crippen molar-refractivity contribution in [2.45, 2.75) is 64.2 Å². The maximum Gasteiger partial charge on any atom is 0.326 e. The van der Waals surface area contributed by atoms with Gasteiger partial charge in [0.1, 0.15) is 18.1 Å². The third-order valence-electron chi connectivity index (χ3n) is 4.75. The summed E-state index contributed by atoms with van der Waals surface area (Å²) in [5, 5.41) is 16.5. The number of amides is 4. The number of rotatable bonds is 13. The molecule has 1 aromatic rings. The number of hydrogen-bond donors (Lipinski definition) is 6. The summed E-state index contributed by atoms with van der Waals surface area (Å²) in [4.78, 5) is 60.0. The highest BCUT2D eigenvalue weighted by Crippen LogP contribution is 2.07. The molecule has 4 amide bonds. The van der Waals surface area contributed by atoms with E-state index in [-0.39, 0.29) is 18.8 Å². The summed E-state index contributed by atoms with van der Waals surface area (Å²) in [5.41, 5.74) is 11.8. The fourth-order valence-electron chi connectivity index (χ4n) is 3.02. The summed E-state index contributed by atoms with van der Waals surface area (Å²) in [5.74, 6) is -4.29. The van der Waals surface area contributed by atoms with Crippen LogP contribution in [0.4, 0.5) is 0 Å². The number of benzene rings is 1. The van der Waals surface area contributed by atoms with E-state index >= 15 is 0 Å². The van der Waals surface area contributed by atoms with Crippen LogP contribution in [0.3, 0.4) is 0 Å². The third kappa shape index (κ3) is 10.1. The number of carbonyl (C=O) groups is 5. The smallest absolute Gasteiger partial charge is 0.326 e. The molecule has 11 heteroatoms. The van der Waals surface area contributed by atoms with Gasteiger partial charge in [0.05, 0.1) is 12.5 Å². The van der Waals surface area contributed by atoms with E-state index in [0.29, 0.717) is 0 Å². The van der Waals surface area contributed by atoms with Crippen molar-refractivity contribution in [1.29, 1.82) is 0 Å². The van der Waals surface area contributed by atoms with E-state index in [9.17, 15) is 29.1 Å². The molecule has 33 heavy (non-hydrogen) atoms. The molecule has 1 rings (SSSR count). The fraction of sp³-hybridized carbons (Fsp3) is 0.500. The Labute approximate surface area is 192 Å². The zero-order valence-corrected chi connectivity index (χ0v) is 19.0. The largest absolute Gasteiger partial charge is 0.480 e. The molecule has 11 nitrogen and oxygen atoms in total. The minimum Gasteiger partial charge on any atom is -0.480 e. The lowest BCUT2D eigenvalue weighted by atomic mass is 10.0. The van der Waals surface area contributed by atoms with E-state index in [4.69, 9.17) is 11.5 Å². The van der Waals surface area contributed by atoms with Crippen molar-refractivity contribution in [1.82, 2.24) is 16.0 Å². The summed E-state index contributed by atoms with van der Waals surface area (Å²) in [6.45, 7) is 5.08. The second kappa shape index (κ2) is 13.2. The second-order valence-electron chi connectivity index (χ2n) is 8.29. The van der Waals surface area contributed by atoms with Gasteiger partial charge in [0.2, 0.25) is 23.6 Å². The zero-order chi connectivity index (χ0) is 25.1. The van der Waals surface area contributed by atoms with Crippen LogP contribution < -0.4 is 27.4 Å². The van der Waals surface area contributed by atoms with Gasteiger partial charge in [0.15, 0.2) is 0 Å². The molecule has 182 valence electrons. The Balaban J connectivity index is 2.75. The van der Waals surface area contributed by atoms with Crippen molar-refractivity contribution in [2.75, 3.05) is 0 Å². The Morgan fingerprint density at radius 1 is 0.879 bits per heavy atom. The van der Waals surface area contributed by atoms with E-state index in [1.807, 2.05) is 44.2 Å². The molecule has 0 saturated heterocycles. The van der Waals surface area contributed by atoms with Crippen molar-refractivity contribution >= 4 is 29.6 Å². The number of primary amides is 1. The van der Waals surface area contributed by atoms with Crippen molar-refractivity contribution in [2.24, 2.45) is 17.4 Å². The first-order valence-electron chi connectivity index (χ1n) is 10.6. The van der Waals surface area contributed by atoms with Gasteiger partial charge in [-0.05, 0) is 31.2 Å². The number of carboxylic acids is 1. The van der Waals surface area contributed by atoms with Gasteiger partial charge in [-0.25, -0.2) is 4.79 Å². The van der Waals surface area contributed by atoms with Gasteiger partial charge in [0.25, 0.3) is 0 Å². The molecular formula is C22H33N5O6. The van der Waals surface area contributed by atoms with Crippen LogP contribution >= 0.6 is 0 Å². The number of carbonyl (C=O) groups excluding carboxylic acids is 4. The maximum atomic E-state index is 12.6. The van der Waals surface area contributed by atoms with Crippen LogP contribution in [0.1, 0.15) is 39.2 Å². The van der Waals surface area contributed by atoms with Gasteiger partial charge in [-0.15, -0.1) is 0 Å². The molecule has 4 unspecified atom stereocenters. The van der Waals surface area contributed by atoms with Gasteiger partial charge < -0.3 is 32.5 Å². The highest BCUT2D eigenvalue weighted by atomic mass is 16.4. The lowest BCUT2D eigenvalue weighted by Gasteiger charge is -2.24. The molecule has 0 spiro atoms. The molecule has 0 aliphatic heterocycles. The monoisotopic (exact) mass is 463 g/mol. The van der Waals surface area contributed by atoms with E-state index in [0.717, 1.165) is 5.56 Å². The molecule has 0 aromatic heterocycles. The average molecular weight is 464 g/mol. The minimum atomic E-state index is -1.52. The Morgan fingerprint density at radius 2 is 1.45 bits per heavy atom. The van der Waals surface area contributed by atoms with Crippen molar-refractivity contribution < 1.29 is 29.1 Å². The zero-order valence-electron chi connectivity index (χ0n) is 19.0. The van der Waals surface area contributed by atoms with Crippen LogP contribution in [-0.2, 0) is 30.4 Å². The van der Waals surface area contributed by atoms with Crippen LogP contribution in [0.25, 0.3) is 0 Å². The molecule has 0 aliphatic rings. The van der Waals surface area contributed by atoms with Crippen molar-refractivity contribution in [3.8, 4) is 0 Å². The summed E-state index contributed by atoms with van der Waals surface area (Å²) in [7, 11) is 0. The second-order valence-corrected chi connectivity index (χ2v) is 8.29. The quantitative estimate of drug-likeness (QED) is 0.217. The molecule has 0 aliphatic carbocycles. The Bertz CT molecular complexity index is 845. The standard InChI is InChI=1S/C22H33N5O6/c1-12(2)9-16(21(31)27-17(22(32)33)11-18(24)28)26-19(29)13(3)25-20(30)15(23)10-14-7-5-4-6-8-14/h4-8,12-13,15-17H,9-11,23H2,1-3H3,(H2,24,28)(H,25,30)(H,26,29)(H,27,31)(H,32,33). The molecule has 8 N–H and O–H groups in total. The van der Waals surface area contributed by atoms with E-state index in [1.54, 1.807) is 0 Å². The first-order valence-corrected chi connectivity index (χ1v) is 10.6. The predicted octanol–water partition coefficient (Wildman–Crippen LogP) is -0.963.